The molecule has 0 atom stereocenters. The number of aromatic nitrogens is 3. The monoisotopic (exact) mass is 372 g/mol. The normalized spacial score (nSPS) is 11.1. The number of aryl methyl sites for hydroxylation is 2. The van der Waals surface area contributed by atoms with Crippen molar-refractivity contribution in [2.24, 2.45) is 0 Å². The van der Waals surface area contributed by atoms with E-state index in [4.69, 9.17) is 9.72 Å². The highest BCUT2D eigenvalue weighted by Crippen LogP contribution is 2.34. The molecule has 3 aromatic rings. The van der Waals surface area contributed by atoms with Crippen LogP contribution in [0.3, 0.4) is 0 Å². The van der Waals surface area contributed by atoms with Gasteiger partial charge in [0.2, 0.25) is 5.91 Å². The van der Waals surface area contributed by atoms with Crippen LogP contribution >= 0.6 is 11.3 Å². The van der Waals surface area contributed by atoms with E-state index in [9.17, 15) is 4.79 Å². The highest BCUT2D eigenvalue weighted by atomic mass is 32.1. The second-order valence-corrected chi connectivity index (χ2v) is 7.09. The van der Waals surface area contributed by atoms with Crippen LogP contribution in [0.4, 0.5) is 5.13 Å². The van der Waals surface area contributed by atoms with E-state index in [1.165, 1.54) is 11.3 Å². The predicted molar refractivity (Wildman–Crippen MR) is 105 cm³/mol. The van der Waals surface area contributed by atoms with E-state index in [0.29, 0.717) is 31.2 Å². The number of hydrogen-bond acceptors (Lipinski definition) is 5. The molecule has 3 rings (SSSR count). The van der Waals surface area contributed by atoms with Crippen molar-refractivity contribution in [3.05, 3.63) is 35.7 Å². The van der Waals surface area contributed by atoms with Gasteiger partial charge in [0.15, 0.2) is 5.13 Å². The van der Waals surface area contributed by atoms with Gasteiger partial charge < -0.3 is 4.74 Å². The number of carbonyl (C=O) groups is 1. The Morgan fingerprint density at radius 1 is 1.31 bits per heavy atom. The number of benzene rings is 1. The molecule has 0 unspecified atom stereocenters. The van der Waals surface area contributed by atoms with Crippen LogP contribution in [0.5, 0.6) is 5.75 Å². The van der Waals surface area contributed by atoms with Crippen molar-refractivity contribution < 1.29 is 9.53 Å². The molecule has 0 spiro atoms. The average molecular weight is 372 g/mol. The van der Waals surface area contributed by atoms with E-state index in [1.807, 2.05) is 56.6 Å². The summed E-state index contributed by atoms with van der Waals surface area (Å²) >= 11 is 1.52. The largest absolute Gasteiger partial charge is 0.492 e. The maximum Gasteiger partial charge on any atom is 0.228 e. The predicted octanol–water partition coefficient (Wildman–Crippen LogP) is 3.95. The Bertz CT molecular complexity index is 916. The van der Waals surface area contributed by atoms with Crippen molar-refractivity contribution in [2.45, 2.75) is 40.7 Å². The number of fused-ring (bicyclic) bond motifs is 1. The van der Waals surface area contributed by atoms with Crippen LogP contribution in [0.2, 0.25) is 0 Å². The molecule has 0 saturated heterocycles. The van der Waals surface area contributed by atoms with E-state index < -0.39 is 0 Å². The summed E-state index contributed by atoms with van der Waals surface area (Å²) in [5, 5.41) is 5.19. The van der Waals surface area contributed by atoms with Crippen molar-refractivity contribution in [2.75, 3.05) is 18.1 Å². The molecule has 0 aliphatic carbocycles. The quantitative estimate of drug-likeness (QED) is 0.630. The lowest BCUT2D eigenvalue weighted by atomic mass is 10.3. The number of rotatable bonds is 7. The molecule has 0 fully saturated rings. The first kappa shape index (κ1) is 18.4. The van der Waals surface area contributed by atoms with E-state index in [-0.39, 0.29) is 5.91 Å². The number of anilines is 1. The van der Waals surface area contributed by atoms with Crippen molar-refractivity contribution in [1.29, 1.82) is 0 Å². The van der Waals surface area contributed by atoms with Crippen molar-refractivity contribution in [3.8, 4) is 5.75 Å². The first-order valence-corrected chi connectivity index (χ1v) is 9.68. The van der Waals surface area contributed by atoms with Crippen LogP contribution in [0.1, 0.15) is 31.7 Å². The van der Waals surface area contributed by atoms with E-state index in [1.54, 1.807) is 4.90 Å². The van der Waals surface area contributed by atoms with Gasteiger partial charge in [-0.3, -0.25) is 14.4 Å². The third kappa shape index (κ3) is 3.72. The van der Waals surface area contributed by atoms with Gasteiger partial charge in [-0.1, -0.05) is 24.3 Å². The zero-order chi connectivity index (χ0) is 18.7. The molecule has 2 aromatic heterocycles. The number of para-hydroxylation sites is 1. The molecular weight excluding hydrogens is 348 g/mol. The van der Waals surface area contributed by atoms with Crippen LogP contribution in [0.25, 0.3) is 10.2 Å². The summed E-state index contributed by atoms with van der Waals surface area (Å²) in [5.41, 5.74) is 2.89. The standard InChI is InChI=1S/C19H24N4O2S/c1-5-17(24)22(10-11-23-14(4)12-13(3)21-23)19-20-18-15(25-6-2)8-7-9-16(18)26-19/h7-9,12H,5-6,10-11H2,1-4H3. The zero-order valence-corrected chi connectivity index (χ0v) is 16.5. The Kier molecular flexibility index (Phi) is 5.56. The topological polar surface area (TPSA) is 60.2 Å². The molecular formula is C19H24N4O2S. The maximum absolute atomic E-state index is 12.5. The van der Waals surface area contributed by atoms with Gasteiger partial charge in [0.1, 0.15) is 11.3 Å². The van der Waals surface area contributed by atoms with Crippen LogP contribution in [0.15, 0.2) is 24.3 Å². The third-order valence-electron chi connectivity index (χ3n) is 4.14. The highest BCUT2D eigenvalue weighted by Gasteiger charge is 2.20. The number of carbonyl (C=O) groups excluding carboxylic acids is 1. The van der Waals surface area contributed by atoms with Crippen molar-refractivity contribution in [3.63, 3.8) is 0 Å². The van der Waals surface area contributed by atoms with Crippen molar-refractivity contribution >= 4 is 32.6 Å². The summed E-state index contributed by atoms with van der Waals surface area (Å²) < 4.78 is 8.63. The number of nitrogens with zero attached hydrogens (tertiary/aromatic N) is 4. The Labute approximate surface area is 157 Å². The summed E-state index contributed by atoms with van der Waals surface area (Å²) in [6, 6.07) is 7.92. The molecule has 0 N–H and O–H groups in total. The smallest absolute Gasteiger partial charge is 0.228 e. The molecule has 0 radical (unpaired) electrons. The molecule has 0 aliphatic heterocycles. The molecule has 1 amide bonds. The molecule has 7 heteroatoms. The minimum atomic E-state index is 0.0588. The Morgan fingerprint density at radius 2 is 2.12 bits per heavy atom. The van der Waals surface area contributed by atoms with Gasteiger partial charge in [-0.15, -0.1) is 0 Å². The summed E-state index contributed by atoms with van der Waals surface area (Å²) in [6.07, 6.45) is 0.436. The van der Waals surface area contributed by atoms with Crippen LogP contribution in [-0.4, -0.2) is 33.8 Å². The number of amides is 1. The molecule has 1 aromatic carbocycles. The fourth-order valence-corrected chi connectivity index (χ4v) is 3.94. The molecule has 6 nitrogen and oxygen atoms in total. The maximum atomic E-state index is 12.5. The molecule has 0 bridgehead atoms. The second-order valence-electron chi connectivity index (χ2n) is 6.08. The van der Waals surface area contributed by atoms with Gasteiger partial charge in [-0.2, -0.15) is 5.10 Å². The van der Waals surface area contributed by atoms with Gasteiger partial charge in [-0.25, -0.2) is 4.98 Å². The van der Waals surface area contributed by atoms with Crippen LogP contribution < -0.4 is 9.64 Å². The Balaban J connectivity index is 1.90. The zero-order valence-electron chi connectivity index (χ0n) is 15.7. The van der Waals surface area contributed by atoms with Crippen molar-refractivity contribution in [1.82, 2.24) is 14.8 Å². The SMILES string of the molecule is CCOc1cccc2sc(N(CCn3nc(C)cc3C)C(=O)CC)nc12. The number of ether oxygens (including phenoxy) is 1. The summed E-state index contributed by atoms with van der Waals surface area (Å²) in [4.78, 5) is 19.0. The summed E-state index contributed by atoms with van der Waals surface area (Å²) in [5.74, 6) is 0.818. The Morgan fingerprint density at radius 3 is 2.77 bits per heavy atom. The van der Waals surface area contributed by atoms with Gasteiger partial charge >= 0.3 is 0 Å². The van der Waals surface area contributed by atoms with E-state index in [2.05, 4.69) is 5.10 Å². The first-order valence-electron chi connectivity index (χ1n) is 8.87. The van der Waals surface area contributed by atoms with Crippen LogP contribution in [0, 0.1) is 13.8 Å². The average Bonchev–Trinajstić information content (AvgIpc) is 3.18. The highest BCUT2D eigenvalue weighted by molar-refractivity contribution is 7.22. The lowest BCUT2D eigenvalue weighted by Crippen LogP contribution is -2.33. The van der Waals surface area contributed by atoms with Gasteiger partial charge in [0.05, 0.1) is 23.5 Å². The fraction of sp³-hybridized carbons (Fsp3) is 0.421. The second kappa shape index (κ2) is 7.86. The molecule has 0 aliphatic rings. The van der Waals surface area contributed by atoms with E-state index >= 15 is 0 Å². The number of thiazole rings is 1. The van der Waals surface area contributed by atoms with Gasteiger partial charge in [0.25, 0.3) is 0 Å². The van der Waals surface area contributed by atoms with Crippen LogP contribution in [-0.2, 0) is 11.3 Å². The van der Waals surface area contributed by atoms with E-state index in [0.717, 1.165) is 27.4 Å². The lowest BCUT2D eigenvalue weighted by Gasteiger charge is -2.19. The minimum absolute atomic E-state index is 0.0588. The molecule has 138 valence electrons. The fourth-order valence-electron chi connectivity index (χ4n) is 2.91. The minimum Gasteiger partial charge on any atom is -0.492 e. The first-order chi connectivity index (χ1) is 12.5. The Hall–Kier alpha value is -2.41. The molecule has 2 heterocycles. The van der Waals surface area contributed by atoms with Gasteiger partial charge in [-0.05, 0) is 39.0 Å². The molecule has 26 heavy (non-hydrogen) atoms. The number of hydrogen-bond donors (Lipinski definition) is 0. The summed E-state index contributed by atoms with van der Waals surface area (Å²) in [7, 11) is 0. The van der Waals surface area contributed by atoms with Gasteiger partial charge in [0, 0.05) is 18.7 Å². The third-order valence-corrected chi connectivity index (χ3v) is 5.19. The lowest BCUT2D eigenvalue weighted by molar-refractivity contribution is -0.118. The molecule has 0 saturated carbocycles. The summed E-state index contributed by atoms with van der Waals surface area (Å²) in [6.45, 7) is 9.59.